The summed E-state index contributed by atoms with van der Waals surface area (Å²) in [5.74, 6) is 2.01. The van der Waals surface area contributed by atoms with Gasteiger partial charge in [0.15, 0.2) is 0 Å². The van der Waals surface area contributed by atoms with E-state index in [-0.39, 0.29) is 0 Å². The van der Waals surface area contributed by atoms with Gasteiger partial charge in [0.25, 0.3) is 0 Å². The van der Waals surface area contributed by atoms with E-state index in [1.807, 2.05) is 25.3 Å². The third-order valence-electron chi connectivity index (χ3n) is 5.32. The molecule has 0 aliphatic carbocycles. The van der Waals surface area contributed by atoms with Crippen LogP contribution in [0.5, 0.6) is 0 Å². The summed E-state index contributed by atoms with van der Waals surface area (Å²) in [6, 6.07) is 12.8. The molecule has 3 heterocycles. The largest absolute Gasteiger partial charge is 0.323 e. The molecule has 28 heavy (non-hydrogen) atoms. The summed E-state index contributed by atoms with van der Waals surface area (Å²) in [6.45, 7) is 7.35. The van der Waals surface area contributed by atoms with Crippen LogP contribution in [0.2, 0.25) is 0 Å². The molecule has 1 unspecified atom stereocenters. The number of nitrogens with zero attached hydrogens (tertiary/aromatic N) is 4. The zero-order chi connectivity index (χ0) is 19.3. The smallest absolute Gasteiger partial charge is 0.150 e. The predicted molar refractivity (Wildman–Crippen MR) is 113 cm³/mol. The van der Waals surface area contributed by atoms with E-state index >= 15 is 0 Å². The first kappa shape index (κ1) is 18.6. The Hall–Kier alpha value is -2.79. The molecular formula is C23H27N5. The van der Waals surface area contributed by atoms with Gasteiger partial charge in [-0.15, -0.1) is 0 Å². The van der Waals surface area contributed by atoms with Crippen LogP contribution in [-0.2, 0) is 6.54 Å². The third kappa shape index (κ3) is 4.54. The van der Waals surface area contributed by atoms with Crippen molar-refractivity contribution in [3.05, 3.63) is 77.4 Å². The van der Waals surface area contributed by atoms with Crippen LogP contribution in [0.4, 0.5) is 11.6 Å². The second-order valence-electron chi connectivity index (χ2n) is 7.69. The number of aryl methyl sites for hydroxylation is 2. The van der Waals surface area contributed by atoms with Crippen LogP contribution in [-0.4, -0.2) is 32.9 Å². The van der Waals surface area contributed by atoms with Crippen LogP contribution in [0.1, 0.15) is 41.1 Å². The number of hydrogen-bond acceptors (Lipinski definition) is 5. The normalized spacial score (nSPS) is 17.4. The van der Waals surface area contributed by atoms with E-state index in [0.717, 1.165) is 48.9 Å². The lowest BCUT2D eigenvalue weighted by atomic mass is 9.94. The monoisotopic (exact) mass is 373 g/mol. The lowest BCUT2D eigenvalue weighted by Crippen LogP contribution is -2.34. The highest BCUT2D eigenvalue weighted by molar-refractivity contribution is 5.54. The molecule has 0 amide bonds. The molecule has 0 bridgehead atoms. The highest BCUT2D eigenvalue weighted by atomic mass is 15.1. The van der Waals surface area contributed by atoms with E-state index in [0.29, 0.717) is 5.92 Å². The van der Waals surface area contributed by atoms with E-state index < -0.39 is 0 Å². The first-order valence-electron chi connectivity index (χ1n) is 9.96. The number of pyridine rings is 1. The van der Waals surface area contributed by atoms with Gasteiger partial charge in [0, 0.05) is 31.4 Å². The molecule has 5 nitrogen and oxygen atoms in total. The van der Waals surface area contributed by atoms with Crippen molar-refractivity contribution in [2.45, 2.75) is 39.2 Å². The van der Waals surface area contributed by atoms with Crippen molar-refractivity contribution in [2.75, 3.05) is 18.4 Å². The molecule has 1 aliphatic heterocycles. The molecule has 144 valence electrons. The minimum Gasteiger partial charge on any atom is -0.323 e. The van der Waals surface area contributed by atoms with E-state index in [2.05, 4.69) is 51.4 Å². The summed E-state index contributed by atoms with van der Waals surface area (Å²) >= 11 is 0. The van der Waals surface area contributed by atoms with Gasteiger partial charge in [0.1, 0.15) is 11.6 Å². The Morgan fingerprint density at radius 3 is 2.93 bits per heavy atom. The van der Waals surface area contributed by atoms with Gasteiger partial charge in [0.05, 0.1) is 11.9 Å². The number of anilines is 2. The summed E-state index contributed by atoms with van der Waals surface area (Å²) in [5, 5.41) is 3.31. The fraction of sp³-hybridized carbons (Fsp3) is 0.348. The molecule has 0 spiro atoms. The summed E-state index contributed by atoms with van der Waals surface area (Å²) in [7, 11) is 0. The number of aromatic nitrogens is 3. The number of rotatable bonds is 5. The Bertz CT molecular complexity index is 940. The molecule has 1 N–H and O–H groups in total. The Balaban J connectivity index is 1.45. The second-order valence-corrected chi connectivity index (χ2v) is 7.69. The molecule has 0 saturated carbocycles. The Morgan fingerprint density at radius 2 is 2.07 bits per heavy atom. The fourth-order valence-electron chi connectivity index (χ4n) is 3.89. The van der Waals surface area contributed by atoms with E-state index in [1.54, 1.807) is 12.4 Å². The van der Waals surface area contributed by atoms with Gasteiger partial charge in [-0.3, -0.25) is 9.88 Å². The van der Waals surface area contributed by atoms with Gasteiger partial charge in [-0.1, -0.05) is 35.9 Å². The first-order chi connectivity index (χ1) is 13.7. The summed E-state index contributed by atoms with van der Waals surface area (Å²) < 4.78 is 0. The van der Waals surface area contributed by atoms with Crippen molar-refractivity contribution in [1.82, 2.24) is 19.9 Å². The predicted octanol–water partition coefficient (Wildman–Crippen LogP) is 4.61. The molecule has 1 aliphatic rings. The van der Waals surface area contributed by atoms with E-state index in [4.69, 9.17) is 4.98 Å². The molecule has 2 aromatic heterocycles. The Kier molecular flexibility index (Phi) is 5.63. The fourth-order valence-corrected chi connectivity index (χ4v) is 3.89. The van der Waals surface area contributed by atoms with Crippen LogP contribution >= 0.6 is 0 Å². The topological polar surface area (TPSA) is 53.9 Å². The molecule has 1 saturated heterocycles. The number of hydrogen-bond donors (Lipinski definition) is 1. The minimum atomic E-state index is 0.414. The van der Waals surface area contributed by atoms with Gasteiger partial charge >= 0.3 is 0 Å². The molecular weight excluding hydrogens is 346 g/mol. The summed E-state index contributed by atoms with van der Waals surface area (Å²) in [6.07, 6.45) is 7.82. The highest BCUT2D eigenvalue weighted by Crippen LogP contribution is 2.27. The number of nitrogens with one attached hydrogen (secondary N) is 1. The van der Waals surface area contributed by atoms with E-state index in [9.17, 15) is 0 Å². The SMILES string of the molecule is Cc1cccc(CN2CCCC(c3cncc(Nc4ncccc4C)n3)C2)c1. The van der Waals surface area contributed by atoms with Crippen LogP contribution in [0, 0.1) is 13.8 Å². The maximum Gasteiger partial charge on any atom is 0.150 e. The number of piperidine rings is 1. The summed E-state index contributed by atoms with van der Waals surface area (Å²) in [4.78, 5) is 16.2. The average molecular weight is 374 g/mol. The Morgan fingerprint density at radius 1 is 1.14 bits per heavy atom. The highest BCUT2D eigenvalue weighted by Gasteiger charge is 2.23. The molecule has 3 aromatic rings. The average Bonchev–Trinajstić information content (AvgIpc) is 2.70. The third-order valence-corrected chi connectivity index (χ3v) is 5.32. The molecule has 1 atom stereocenters. The zero-order valence-electron chi connectivity index (χ0n) is 16.6. The van der Waals surface area contributed by atoms with Crippen molar-refractivity contribution in [3.8, 4) is 0 Å². The first-order valence-corrected chi connectivity index (χ1v) is 9.96. The molecule has 1 fully saturated rings. The van der Waals surface area contributed by atoms with Crippen LogP contribution in [0.3, 0.4) is 0 Å². The molecule has 4 rings (SSSR count). The number of likely N-dealkylation sites (tertiary alicyclic amines) is 1. The molecule has 5 heteroatoms. The summed E-state index contributed by atoms with van der Waals surface area (Å²) in [5.41, 5.74) is 4.86. The van der Waals surface area contributed by atoms with Gasteiger partial charge in [-0.05, 0) is 50.4 Å². The lowest BCUT2D eigenvalue weighted by Gasteiger charge is -2.32. The van der Waals surface area contributed by atoms with Crippen molar-refractivity contribution >= 4 is 11.6 Å². The van der Waals surface area contributed by atoms with Gasteiger partial charge < -0.3 is 5.32 Å². The van der Waals surface area contributed by atoms with Crippen molar-refractivity contribution in [2.24, 2.45) is 0 Å². The Labute approximate surface area is 166 Å². The molecule has 1 aromatic carbocycles. The second kappa shape index (κ2) is 8.48. The maximum absolute atomic E-state index is 4.85. The maximum atomic E-state index is 4.85. The van der Waals surface area contributed by atoms with Gasteiger partial charge in [0.2, 0.25) is 0 Å². The van der Waals surface area contributed by atoms with Gasteiger partial charge in [-0.2, -0.15) is 0 Å². The quantitative estimate of drug-likeness (QED) is 0.708. The van der Waals surface area contributed by atoms with Crippen LogP contribution in [0.15, 0.2) is 55.0 Å². The van der Waals surface area contributed by atoms with Crippen molar-refractivity contribution in [1.29, 1.82) is 0 Å². The van der Waals surface area contributed by atoms with Gasteiger partial charge in [-0.25, -0.2) is 9.97 Å². The lowest BCUT2D eigenvalue weighted by molar-refractivity contribution is 0.198. The molecule has 0 radical (unpaired) electrons. The number of benzene rings is 1. The van der Waals surface area contributed by atoms with Crippen LogP contribution in [0.25, 0.3) is 0 Å². The van der Waals surface area contributed by atoms with Crippen molar-refractivity contribution in [3.63, 3.8) is 0 Å². The van der Waals surface area contributed by atoms with E-state index in [1.165, 1.54) is 17.5 Å². The van der Waals surface area contributed by atoms with Crippen LogP contribution < -0.4 is 5.32 Å². The minimum absolute atomic E-state index is 0.414. The zero-order valence-corrected chi connectivity index (χ0v) is 16.6. The standard InChI is InChI=1S/C23H27N5/c1-17-6-3-8-19(12-17)15-28-11-5-9-20(16-28)21-13-24-14-22(26-21)27-23-18(2)7-4-10-25-23/h3-4,6-8,10,12-14,20H,5,9,11,15-16H2,1-2H3,(H,25,26,27). The van der Waals surface area contributed by atoms with Crippen molar-refractivity contribution < 1.29 is 0 Å².